The molecule has 0 aromatic heterocycles. The summed E-state index contributed by atoms with van der Waals surface area (Å²) in [5.41, 5.74) is 3.61. The van der Waals surface area contributed by atoms with E-state index in [0.29, 0.717) is 5.69 Å². The van der Waals surface area contributed by atoms with Gasteiger partial charge in [-0.1, -0.05) is 18.2 Å². The Labute approximate surface area is 150 Å². The summed E-state index contributed by atoms with van der Waals surface area (Å²) in [4.78, 5) is 13.8. The number of carbonyl (C=O) groups excluding carboxylic acids is 1. The average Bonchev–Trinajstić information content (AvgIpc) is 3.13. The molecule has 0 saturated heterocycles. The Morgan fingerprint density at radius 3 is 2.23 bits per heavy atom. The molecule has 0 aliphatic carbocycles. The van der Waals surface area contributed by atoms with E-state index in [2.05, 4.69) is 16.7 Å². The van der Waals surface area contributed by atoms with Gasteiger partial charge in [-0.3, -0.25) is 0 Å². The number of amides is 2. The van der Waals surface area contributed by atoms with Crippen LogP contribution >= 0.6 is 0 Å². The Balaban J connectivity index is 1.43. The number of hydrogen-bond donors (Lipinski definition) is 2. The summed E-state index contributed by atoms with van der Waals surface area (Å²) in [7, 11) is 0. The van der Waals surface area contributed by atoms with Crippen LogP contribution in [0.3, 0.4) is 0 Å². The summed E-state index contributed by atoms with van der Waals surface area (Å²) in [5, 5.41) is 6.07. The fourth-order valence-electron chi connectivity index (χ4n) is 3.41. The maximum absolute atomic E-state index is 13.8. The van der Waals surface area contributed by atoms with E-state index in [1.807, 2.05) is 24.3 Å². The van der Waals surface area contributed by atoms with Gasteiger partial charge in [-0.15, -0.1) is 0 Å². The molecule has 2 heterocycles. The van der Waals surface area contributed by atoms with E-state index >= 15 is 0 Å². The highest BCUT2D eigenvalue weighted by Gasteiger charge is 2.28. The van der Waals surface area contributed by atoms with Gasteiger partial charge in [0.05, 0.1) is 13.1 Å². The van der Waals surface area contributed by atoms with Gasteiger partial charge in [-0.25, -0.2) is 13.6 Å². The molecule has 2 amide bonds. The lowest BCUT2D eigenvalue weighted by Crippen LogP contribution is -2.30. The fourth-order valence-corrected chi connectivity index (χ4v) is 3.41. The third-order valence-electron chi connectivity index (χ3n) is 4.87. The van der Waals surface area contributed by atoms with Crippen LogP contribution < -0.4 is 10.6 Å². The van der Waals surface area contributed by atoms with Crippen molar-refractivity contribution in [2.75, 3.05) is 18.4 Å². The molecule has 0 radical (unpaired) electrons. The fraction of sp³-hybridized carbons (Fsp3) is 0.250. The zero-order valence-electron chi connectivity index (χ0n) is 14.2. The van der Waals surface area contributed by atoms with Crippen LogP contribution in [-0.4, -0.2) is 24.0 Å². The second-order valence-electron chi connectivity index (χ2n) is 6.53. The van der Waals surface area contributed by atoms with Crippen molar-refractivity contribution < 1.29 is 13.6 Å². The van der Waals surface area contributed by atoms with E-state index in [-0.39, 0.29) is 30.2 Å². The largest absolute Gasteiger partial charge is 0.322 e. The number of carbonyl (C=O) groups is 1. The Bertz CT molecular complexity index is 846. The SMILES string of the molecule is O=C(Nc1ccc(C2=CCNCC2)cc1)N1Cc2c(F)ccc(F)c2C1. The number of hydrogen-bond acceptors (Lipinski definition) is 2. The molecule has 0 saturated carbocycles. The van der Waals surface area contributed by atoms with Gasteiger partial charge in [0, 0.05) is 23.4 Å². The Kier molecular flexibility index (Phi) is 4.42. The van der Waals surface area contributed by atoms with E-state index in [4.69, 9.17) is 0 Å². The van der Waals surface area contributed by atoms with Gasteiger partial charge in [-0.2, -0.15) is 0 Å². The van der Waals surface area contributed by atoms with Crippen molar-refractivity contribution in [1.29, 1.82) is 0 Å². The minimum absolute atomic E-state index is 0.0722. The van der Waals surface area contributed by atoms with Gasteiger partial charge < -0.3 is 15.5 Å². The van der Waals surface area contributed by atoms with E-state index in [9.17, 15) is 13.6 Å². The number of anilines is 1. The van der Waals surface area contributed by atoms with Crippen molar-refractivity contribution in [3.63, 3.8) is 0 Å². The summed E-state index contributed by atoms with van der Waals surface area (Å²) in [5.74, 6) is -0.951. The Morgan fingerprint density at radius 2 is 1.65 bits per heavy atom. The van der Waals surface area contributed by atoms with Crippen LogP contribution in [0.2, 0.25) is 0 Å². The molecule has 4 rings (SSSR count). The van der Waals surface area contributed by atoms with Gasteiger partial charge in [0.1, 0.15) is 11.6 Å². The molecule has 0 bridgehead atoms. The summed E-state index contributed by atoms with van der Waals surface area (Å²) in [6.07, 6.45) is 3.15. The molecular formula is C20H19F2N3O. The van der Waals surface area contributed by atoms with Crippen LogP contribution in [0.4, 0.5) is 19.3 Å². The average molecular weight is 355 g/mol. The number of nitrogens with zero attached hydrogens (tertiary/aromatic N) is 1. The Morgan fingerprint density at radius 1 is 1.00 bits per heavy atom. The summed E-state index contributed by atoms with van der Waals surface area (Å²) < 4.78 is 27.6. The highest BCUT2D eigenvalue weighted by molar-refractivity contribution is 5.90. The van der Waals surface area contributed by atoms with E-state index < -0.39 is 11.6 Å². The number of halogens is 2. The third kappa shape index (κ3) is 3.20. The van der Waals surface area contributed by atoms with Crippen molar-refractivity contribution >= 4 is 17.3 Å². The minimum atomic E-state index is -0.476. The van der Waals surface area contributed by atoms with E-state index in [1.54, 1.807) is 0 Å². The number of benzene rings is 2. The first-order chi connectivity index (χ1) is 12.6. The lowest BCUT2D eigenvalue weighted by molar-refractivity contribution is 0.212. The molecule has 0 unspecified atom stereocenters. The third-order valence-corrected chi connectivity index (χ3v) is 4.87. The number of rotatable bonds is 2. The minimum Gasteiger partial charge on any atom is -0.316 e. The maximum atomic E-state index is 13.8. The van der Waals surface area contributed by atoms with E-state index in [1.165, 1.54) is 10.5 Å². The van der Waals surface area contributed by atoms with Gasteiger partial charge in [-0.05, 0) is 48.4 Å². The zero-order valence-corrected chi connectivity index (χ0v) is 14.2. The predicted molar refractivity (Wildman–Crippen MR) is 96.5 cm³/mol. The normalized spacial score (nSPS) is 16.2. The van der Waals surface area contributed by atoms with Gasteiger partial charge in [0.15, 0.2) is 0 Å². The lowest BCUT2D eigenvalue weighted by atomic mass is 10.0. The van der Waals surface area contributed by atoms with E-state index in [0.717, 1.165) is 37.2 Å². The maximum Gasteiger partial charge on any atom is 0.322 e. The topological polar surface area (TPSA) is 44.4 Å². The van der Waals surface area contributed by atoms with Gasteiger partial charge in [0.25, 0.3) is 0 Å². The standard InChI is InChI=1S/C20H19F2N3O/c21-18-5-6-19(22)17-12-25(11-16(17)18)20(26)24-15-3-1-13(2-4-15)14-7-9-23-10-8-14/h1-7,23H,8-12H2,(H,24,26). The molecule has 2 aliphatic rings. The van der Waals surface area contributed by atoms with Crippen molar-refractivity contribution in [2.24, 2.45) is 0 Å². The first-order valence-electron chi connectivity index (χ1n) is 8.63. The van der Waals surface area contributed by atoms with Gasteiger partial charge in [0.2, 0.25) is 0 Å². The van der Waals surface area contributed by atoms with Crippen LogP contribution in [0.15, 0.2) is 42.5 Å². The van der Waals surface area contributed by atoms with Crippen LogP contribution in [0.25, 0.3) is 5.57 Å². The number of fused-ring (bicyclic) bond motifs is 1. The Hall–Kier alpha value is -2.73. The molecule has 2 aromatic carbocycles. The molecule has 0 atom stereocenters. The summed E-state index contributed by atoms with van der Waals surface area (Å²) >= 11 is 0. The molecule has 6 heteroatoms. The molecule has 2 aliphatic heterocycles. The quantitative estimate of drug-likeness (QED) is 0.858. The van der Waals surface area contributed by atoms with Crippen molar-refractivity contribution in [3.8, 4) is 0 Å². The second-order valence-corrected chi connectivity index (χ2v) is 6.53. The van der Waals surface area contributed by atoms with Gasteiger partial charge >= 0.3 is 6.03 Å². The monoisotopic (exact) mass is 355 g/mol. The predicted octanol–water partition coefficient (Wildman–Crippen LogP) is 3.89. The molecule has 134 valence electrons. The first-order valence-corrected chi connectivity index (χ1v) is 8.63. The molecule has 2 aromatic rings. The smallest absolute Gasteiger partial charge is 0.316 e. The van der Waals surface area contributed by atoms with Crippen LogP contribution in [0.1, 0.15) is 23.1 Å². The summed E-state index contributed by atoms with van der Waals surface area (Å²) in [6.45, 7) is 1.98. The molecule has 2 N–H and O–H groups in total. The molecule has 0 fully saturated rings. The molecule has 4 nitrogen and oxygen atoms in total. The highest BCUT2D eigenvalue weighted by atomic mass is 19.1. The zero-order chi connectivity index (χ0) is 18.1. The van der Waals surface area contributed by atoms with Crippen molar-refractivity contribution in [3.05, 3.63) is 70.8 Å². The molecular weight excluding hydrogens is 336 g/mol. The van der Waals surface area contributed by atoms with Crippen LogP contribution in [0, 0.1) is 11.6 Å². The first kappa shape index (κ1) is 16.7. The molecule has 26 heavy (non-hydrogen) atoms. The van der Waals surface area contributed by atoms with Crippen LogP contribution in [0.5, 0.6) is 0 Å². The number of urea groups is 1. The van der Waals surface area contributed by atoms with Crippen molar-refractivity contribution in [2.45, 2.75) is 19.5 Å². The highest BCUT2D eigenvalue weighted by Crippen LogP contribution is 2.28. The van der Waals surface area contributed by atoms with Crippen molar-refractivity contribution in [1.82, 2.24) is 10.2 Å². The molecule has 0 spiro atoms. The number of nitrogens with one attached hydrogen (secondary N) is 2. The lowest BCUT2D eigenvalue weighted by Gasteiger charge is -2.17. The van der Waals surface area contributed by atoms with Crippen LogP contribution in [-0.2, 0) is 13.1 Å². The summed E-state index contributed by atoms with van der Waals surface area (Å²) in [6, 6.07) is 9.48. The second kappa shape index (κ2) is 6.88.